The van der Waals surface area contributed by atoms with Crippen LogP contribution in [0, 0.1) is 0 Å². The van der Waals surface area contributed by atoms with Crippen molar-refractivity contribution < 1.29 is 0 Å². The van der Waals surface area contributed by atoms with E-state index in [2.05, 4.69) is 276 Å². The molecule has 0 aromatic heterocycles. The van der Waals surface area contributed by atoms with Crippen LogP contribution in [0.15, 0.2) is 267 Å². The Morgan fingerprint density at radius 2 is 0.453 bits per heavy atom. The van der Waals surface area contributed by atoms with E-state index in [0.717, 1.165) is 0 Å². The highest BCUT2D eigenvalue weighted by Crippen LogP contribution is 2.47. The van der Waals surface area contributed by atoms with Gasteiger partial charge in [0, 0.05) is 0 Å². The maximum Gasteiger partial charge on any atom is -0.00135 e. The average molecular weight is 891 g/mol. The van der Waals surface area contributed by atoms with Crippen molar-refractivity contribution in [3.8, 4) is 33.4 Å². The van der Waals surface area contributed by atoms with Crippen LogP contribution in [0.5, 0.6) is 0 Å². The van der Waals surface area contributed by atoms with Gasteiger partial charge in [0.25, 0.3) is 0 Å². The lowest BCUT2D eigenvalue weighted by Crippen LogP contribution is -2.25. The van der Waals surface area contributed by atoms with Crippen molar-refractivity contribution >= 4 is 86.0 Å². The second-order valence-electron chi connectivity index (χ2n) is 15.5. The van der Waals surface area contributed by atoms with Crippen LogP contribution in [-0.4, -0.2) is 0 Å². The van der Waals surface area contributed by atoms with E-state index in [1.807, 2.05) is 0 Å². The van der Waals surface area contributed by atoms with E-state index in [0.29, 0.717) is 0 Å². The molecule has 1 unspecified atom stereocenters. The number of rotatable bonds is 12. The summed E-state index contributed by atoms with van der Waals surface area (Å²) >= 11 is 0. The summed E-state index contributed by atoms with van der Waals surface area (Å²) in [5.74, 6) is 0. The van der Waals surface area contributed by atoms with Gasteiger partial charge in [0.1, 0.15) is 0 Å². The van der Waals surface area contributed by atoms with Crippen LogP contribution in [0.1, 0.15) is 0 Å². The highest BCUT2D eigenvalue weighted by molar-refractivity contribution is 7.81. The van der Waals surface area contributed by atoms with Gasteiger partial charge in [-0.25, -0.2) is 0 Å². The second-order valence-corrected chi connectivity index (χ2v) is 22.7. The molecule has 0 nitrogen and oxygen atoms in total. The molecule has 4 heteroatoms. The van der Waals surface area contributed by atoms with Crippen LogP contribution in [0.4, 0.5) is 0 Å². The second kappa shape index (κ2) is 19.8. The van der Waals surface area contributed by atoms with E-state index < -0.39 is 23.8 Å². The highest BCUT2D eigenvalue weighted by atomic mass is 31.1. The predicted octanol–water partition coefficient (Wildman–Crippen LogP) is 11.5. The maximum absolute atomic E-state index is 3.19. The average Bonchev–Trinajstić information content (AvgIpc) is 3.37. The van der Waals surface area contributed by atoms with E-state index in [1.54, 1.807) is 0 Å². The summed E-state index contributed by atoms with van der Waals surface area (Å²) in [5.41, 5.74) is 7.51. The third kappa shape index (κ3) is 8.62. The molecule has 0 amide bonds. The zero-order chi connectivity index (χ0) is 43.1. The first-order valence-corrected chi connectivity index (χ1v) is 26.3. The molecule has 64 heavy (non-hydrogen) atoms. The molecule has 0 heterocycles. The molecule has 0 N–H and O–H groups in total. The summed E-state index contributed by atoms with van der Waals surface area (Å²) in [5, 5.41) is 13.2. The molecule has 10 aromatic carbocycles. The van der Waals surface area contributed by atoms with Crippen molar-refractivity contribution in [2.45, 2.75) is 0 Å². The zero-order valence-corrected chi connectivity index (χ0v) is 39.2. The summed E-state index contributed by atoms with van der Waals surface area (Å²) in [4.78, 5) is 0. The molecule has 0 aliphatic rings. The van der Waals surface area contributed by atoms with Gasteiger partial charge in [-0.3, -0.25) is 0 Å². The molecular weight excluding hydrogens is 845 g/mol. The van der Waals surface area contributed by atoms with E-state index in [1.165, 1.54) is 86.4 Å². The summed E-state index contributed by atoms with van der Waals surface area (Å²) in [6.07, 6.45) is 0. The third-order valence-electron chi connectivity index (χ3n) is 11.6. The van der Waals surface area contributed by atoms with Gasteiger partial charge in [-0.05, 0) is 110 Å². The largest absolute Gasteiger partial charge is 0.105 e. The van der Waals surface area contributed by atoms with Crippen molar-refractivity contribution in [2.24, 2.45) is 0 Å². The van der Waals surface area contributed by atoms with Gasteiger partial charge in [-0.1, -0.05) is 267 Å². The summed E-state index contributed by atoms with van der Waals surface area (Å²) in [7, 11) is 0.411. The molecule has 0 saturated heterocycles. The van der Waals surface area contributed by atoms with Gasteiger partial charge in [-0.15, -0.1) is 9.24 Å². The van der Waals surface area contributed by atoms with Crippen LogP contribution < -0.4 is 53.0 Å². The minimum Gasteiger partial charge on any atom is -0.105 e. The quantitative estimate of drug-likeness (QED) is 0.107. The molecule has 0 fully saturated rings. The van der Waals surface area contributed by atoms with Crippen LogP contribution in [0.25, 0.3) is 33.4 Å². The first-order chi connectivity index (χ1) is 31.7. The van der Waals surface area contributed by atoms with Crippen LogP contribution >= 0.6 is 33.0 Å². The Morgan fingerprint density at radius 1 is 0.203 bits per heavy atom. The number of hydrogen-bond donors (Lipinski definition) is 0. The van der Waals surface area contributed by atoms with Gasteiger partial charge in [-0.2, -0.15) is 0 Å². The molecule has 0 radical (unpaired) electrons. The molecule has 1 atom stereocenters. The van der Waals surface area contributed by atoms with Gasteiger partial charge < -0.3 is 0 Å². The van der Waals surface area contributed by atoms with E-state index in [4.69, 9.17) is 0 Å². The van der Waals surface area contributed by atoms with E-state index >= 15 is 0 Å². The molecule has 0 saturated carbocycles. The van der Waals surface area contributed by atoms with Crippen LogP contribution in [0.3, 0.4) is 0 Å². The Hall–Kier alpha value is -6.08. The van der Waals surface area contributed by atoms with Crippen molar-refractivity contribution in [1.82, 2.24) is 0 Å². The normalized spacial score (nSPS) is 11.3. The third-order valence-corrected chi connectivity index (χ3v) is 19.6. The number of hydrogen-bond acceptors (Lipinski definition) is 0. The first kappa shape index (κ1) is 41.9. The Bertz CT molecular complexity index is 2990. The van der Waals surface area contributed by atoms with Gasteiger partial charge in [0.15, 0.2) is 0 Å². The highest BCUT2D eigenvalue weighted by Gasteiger charge is 2.29. The fourth-order valence-electron chi connectivity index (χ4n) is 8.81. The minimum atomic E-state index is -0.946. The fourth-order valence-corrected chi connectivity index (χ4v) is 16.6. The van der Waals surface area contributed by atoms with Crippen molar-refractivity contribution in [3.63, 3.8) is 0 Å². The Morgan fingerprint density at radius 3 is 0.781 bits per heavy atom. The lowest BCUT2D eigenvalue weighted by atomic mass is 9.87. The molecule has 0 spiro atoms. The monoisotopic (exact) mass is 890 g/mol. The van der Waals surface area contributed by atoms with E-state index in [9.17, 15) is 0 Å². The van der Waals surface area contributed by atoms with Gasteiger partial charge >= 0.3 is 0 Å². The molecule has 10 aromatic rings. The van der Waals surface area contributed by atoms with Crippen molar-refractivity contribution in [1.29, 1.82) is 0 Å². The summed E-state index contributed by atoms with van der Waals surface area (Å²) in [6.45, 7) is 0. The number of benzene rings is 10. The van der Waals surface area contributed by atoms with E-state index in [-0.39, 0.29) is 0 Å². The predicted molar refractivity (Wildman–Crippen MR) is 288 cm³/mol. The topological polar surface area (TPSA) is 0 Å². The lowest BCUT2D eigenvalue weighted by molar-refractivity contribution is 1.61. The zero-order valence-electron chi connectivity index (χ0n) is 35.3. The smallest absolute Gasteiger partial charge is 0.00135 e. The molecule has 0 aliphatic carbocycles. The van der Waals surface area contributed by atoms with Crippen molar-refractivity contribution in [3.05, 3.63) is 267 Å². The minimum absolute atomic E-state index is 0.911. The summed E-state index contributed by atoms with van der Waals surface area (Å²) in [6, 6.07) is 99.1. The molecular formula is C60H46P4. The lowest BCUT2D eigenvalue weighted by Gasteiger charge is -2.29. The Labute approximate surface area is 384 Å². The Balaban J connectivity index is 1.31. The fraction of sp³-hybridized carbons (Fsp3) is 0. The molecule has 0 aliphatic heterocycles. The molecule has 0 bridgehead atoms. The first-order valence-electron chi connectivity index (χ1n) is 21.7. The van der Waals surface area contributed by atoms with Gasteiger partial charge in [0.05, 0.1) is 0 Å². The van der Waals surface area contributed by atoms with Crippen LogP contribution in [0.2, 0.25) is 0 Å². The SMILES string of the molecule is Pc1ccc(-c2ccccc2P(c2ccccc2)c2ccccc2)c(-c2ccccc2P(c2ccccc2)c2ccccc2)c1-c1ccccc1P(c1ccccc1)c1ccccc1. The van der Waals surface area contributed by atoms with Crippen LogP contribution in [-0.2, 0) is 0 Å². The Kier molecular flexibility index (Phi) is 12.9. The van der Waals surface area contributed by atoms with Crippen molar-refractivity contribution in [2.75, 3.05) is 0 Å². The molecule has 306 valence electrons. The maximum atomic E-state index is 3.19. The molecule has 10 rings (SSSR count). The summed E-state index contributed by atoms with van der Waals surface area (Å²) < 4.78 is 0. The van der Waals surface area contributed by atoms with Gasteiger partial charge in [0.2, 0.25) is 0 Å². The standard InChI is InChI=1S/C60H46P4/c61-55-44-43-52(51-37-19-22-40-56(51)62(45-25-7-1-8-26-45)46-27-9-2-10-28-46)59(53-38-20-23-41-57(53)63(47-29-11-3-12-30-47)48-31-13-4-14-32-48)60(55)54-39-21-24-42-58(54)64(49-33-15-5-16-34-49)50-35-17-6-18-36-50/h1-44H,61H2.